The molecule has 2 rings (SSSR count). The van der Waals surface area contributed by atoms with E-state index in [1.807, 2.05) is 12.1 Å². The van der Waals surface area contributed by atoms with Crippen LogP contribution in [0.3, 0.4) is 0 Å². The van der Waals surface area contributed by atoms with E-state index < -0.39 is 0 Å². The van der Waals surface area contributed by atoms with Gasteiger partial charge in [-0.15, -0.1) is 11.5 Å². The molecule has 0 fully saturated rings. The van der Waals surface area contributed by atoms with E-state index in [2.05, 4.69) is 0 Å². The SMILES string of the molecule is [Ca+2].[O-]c1ccccc1Cc1ccccc1[O-]. The smallest absolute Gasteiger partial charge is 0.872 e. The average molecular weight is 238 g/mol. The van der Waals surface area contributed by atoms with Crippen LogP contribution in [0.15, 0.2) is 48.5 Å². The molecule has 2 aromatic rings. The van der Waals surface area contributed by atoms with Crippen molar-refractivity contribution in [2.45, 2.75) is 6.42 Å². The summed E-state index contributed by atoms with van der Waals surface area (Å²) in [5, 5.41) is 22.9. The molecule has 2 nitrogen and oxygen atoms in total. The predicted molar refractivity (Wildman–Crippen MR) is 60.3 cm³/mol. The summed E-state index contributed by atoms with van der Waals surface area (Å²) in [7, 11) is 0. The number of benzene rings is 2. The Kier molecular flexibility index (Phi) is 5.13. The van der Waals surface area contributed by atoms with Crippen LogP contribution in [0.1, 0.15) is 11.1 Å². The normalized spacial score (nSPS) is 9.50. The fourth-order valence-electron chi connectivity index (χ4n) is 1.50. The van der Waals surface area contributed by atoms with Crippen molar-refractivity contribution < 1.29 is 10.2 Å². The van der Waals surface area contributed by atoms with Crippen LogP contribution in [0.25, 0.3) is 0 Å². The Hall–Kier alpha value is -0.700. The molecule has 76 valence electrons. The van der Waals surface area contributed by atoms with Gasteiger partial charge in [0.05, 0.1) is 0 Å². The second kappa shape index (κ2) is 6.14. The van der Waals surface area contributed by atoms with Gasteiger partial charge in [0.1, 0.15) is 0 Å². The minimum absolute atomic E-state index is 0. The summed E-state index contributed by atoms with van der Waals surface area (Å²) in [5.41, 5.74) is 1.33. The number of hydrogen-bond donors (Lipinski definition) is 0. The Morgan fingerprint density at radius 2 is 1.06 bits per heavy atom. The molecule has 0 radical (unpaired) electrons. The summed E-state index contributed by atoms with van der Waals surface area (Å²) in [4.78, 5) is 0. The van der Waals surface area contributed by atoms with Gasteiger partial charge in [-0.3, -0.25) is 0 Å². The standard InChI is InChI=1S/C13H12O2.Ca/c14-12-7-3-1-5-10(12)9-11-6-2-4-8-13(11)15;/h1-8,14-15H,9H2;/q;+2/p-2. The molecule has 0 aliphatic rings. The molecule has 0 heterocycles. The Morgan fingerprint density at radius 3 is 1.44 bits per heavy atom. The van der Waals surface area contributed by atoms with E-state index in [0.29, 0.717) is 17.5 Å². The van der Waals surface area contributed by atoms with Crippen LogP contribution < -0.4 is 10.2 Å². The van der Waals surface area contributed by atoms with Crippen LogP contribution in [0.4, 0.5) is 0 Å². The van der Waals surface area contributed by atoms with Crippen molar-refractivity contribution in [1.82, 2.24) is 0 Å². The molecule has 2 aromatic carbocycles. The van der Waals surface area contributed by atoms with Gasteiger partial charge in [-0.2, -0.15) is 0 Å². The van der Waals surface area contributed by atoms with Crippen molar-refractivity contribution in [3.05, 3.63) is 59.7 Å². The molecule has 0 aliphatic heterocycles. The van der Waals surface area contributed by atoms with E-state index in [1.54, 1.807) is 24.3 Å². The first kappa shape index (κ1) is 13.4. The van der Waals surface area contributed by atoms with Crippen LogP contribution in [0.5, 0.6) is 11.5 Å². The third-order valence-electron chi connectivity index (χ3n) is 2.33. The van der Waals surface area contributed by atoms with Gasteiger partial charge in [0, 0.05) is 0 Å². The molecule has 0 amide bonds. The van der Waals surface area contributed by atoms with Crippen molar-refractivity contribution in [2.24, 2.45) is 0 Å². The zero-order valence-electron chi connectivity index (χ0n) is 8.85. The molecule has 0 aromatic heterocycles. The predicted octanol–water partition coefficient (Wildman–Crippen LogP) is 1.04. The van der Waals surface area contributed by atoms with E-state index in [9.17, 15) is 10.2 Å². The molecule has 0 N–H and O–H groups in total. The molecule has 3 heteroatoms. The van der Waals surface area contributed by atoms with Gasteiger partial charge in [0.2, 0.25) is 0 Å². The topological polar surface area (TPSA) is 46.1 Å². The first-order valence-electron chi connectivity index (χ1n) is 4.77. The van der Waals surface area contributed by atoms with E-state index in [1.165, 1.54) is 12.1 Å². The zero-order chi connectivity index (χ0) is 10.7. The van der Waals surface area contributed by atoms with Gasteiger partial charge >= 0.3 is 37.7 Å². The summed E-state index contributed by atoms with van der Waals surface area (Å²) in [5.74, 6) is -0.0264. The van der Waals surface area contributed by atoms with Crippen LogP contribution in [0, 0.1) is 0 Å². The molecular weight excluding hydrogens is 228 g/mol. The average Bonchev–Trinajstić information content (AvgIpc) is 2.24. The van der Waals surface area contributed by atoms with E-state index in [0.717, 1.165) is 0 Å². The number of hydrogen-bond acceptors (Lipinski definition) is 2. The van der Waals surface area contributed by atoms with Crippen molar-refractivity contribution in [3.63, 3.8) is 0 Å². The fourth-order valence-corrected chi connectivity index (χ4v) is 1.50. The van der Waals surface area contributed by atoms with Crippen LogP contribution >= 0.6 is 0 Å². The summed E-state index contributed by atoms with van der Waals surface area (Å²) in [6.07, 6.45) is 0.416. The largest absolute Gasteiger partial charge is 2.00 e. The van der Waals surface area contributed by atoms with E-state index >= 15 is 0 Å². The minimum Gasteiger partial charge on any atom is -0.872 e. The Bertz CT molecular complexity index is 425. The van der Waals surface area contributed by atoms with Gasteiger partial charge in [-0.05, 0) is 6.42 Å². The maximum Gasteiger partial charge on any atom is 2.00 e. The van der Waals surface area contributed by atoms with Crippen LogP contribution in [0.2, 0.25) is 0 Å². The third-order valence-corrected chi connectivity index (χ3v) is 2.33. The van der Waals surface area contributed by atoms with Gasteiger partial charge in [-0.1, -0.05) is 59.7 Å². The van der Waals surface area contributed by atoms with Crippen molar-refractivity contribution in [2.75, 3.05) is 0 Å². The summed E-state index contributed by atoms with van der Waals surface area (Å²) < 4.78 is 0. The molecule has 0 saturated heterocycles. The second-order valence-corrected chi connectivity index (χ2v) is 3.39. The maximum atomic E-state index is 11.4. The molecule has 0 unspecified atom stereocenters. The Balaban J connectivity index is 0.00000128. The molecule has 0 bridgehead atoms. The third kappa shape index (κ3) is 3.14. The van der Waals surface area contributed by atoms with E-state index in [4.69, 9.17) is 0 Å². The van der Waals surface area contributed by atoms with Crippen LogP contribution in [-0.4, -0.2) is 37.7 Å². The number of rotatable bonds is 2. The van der Waals surface area contributed by atoms with Crippen molar-refractivity contribution in [3.8, 4) is 11.5 Å². The Labute approximate surface area is 125 Å². The molecule has 16 heavy (non-hydrogen) atoms. The van der Waals surface area contributed by atoms with Crippen LogP contribution in [-0.2, 0) is 6.42 Å². The Morgan fingerprint density at radius 1 is 0.688 bits per heavy atom. The molecular formula is C13H10CaO2. The molecule has 0 spiro atoms. The number of para-hydroxylation sites is 2. The molecule has 0 aliphatic carbocycles. The first-order valence-corrected chi connectivity index (χ1v) is 4.77. The van der Waals surface area contributed by atoms with Crippen molar-refractivity contribution >= 4 is 37.7 Å². The summed E-state index contributed by atoms with van der Waals surface area (Å²) in [6.45, 7) is 0. The van der Waals surface area contributed by atoms with E-state index in [-0.39, 0.29) is 49.2 Å². The summed E-state index contributed by atoms with van der Waals surface area (Å²) in [6, 6.07) is 13.6. The van der Waals surface area contributed by atoms with Gasteiger partial charge in [-0.25, -0.2) is 0 Å². The monoisotopic (exact) mass is 238 g/mol. The second-order valence-electron chi connectivity index (χ2n) is 3.39. The zero-order valence-corrected chi connectivity index (χ0v) is 11.1. The van der Waals surface area contributed by atoms with Crippen molar-refractivity contribution in [1.29, 1.82) is 0 Å². The minimum atomic E-state index is -0.0132. The fraction of sp³-hybridized carbons (Fsp3) is 0.0769. The van der Waals surface area contributed by atoms with Gasteiger partial charge < -0.3 is 10.2 Å². The quantitative estimate of drug-likeness (QED) is 0.734. The molecule has 0 saturated carbocycles. The first-order chi connectivity index (χ1) is 7.27. The van der Waals surface area contributed by atoms with Gasteiger partial charge in [0.25, 0.3) is 0 Å². The summed E-state index contributed by atoms with van der Waals surface area (Å²) >= 11 is 0. The maximum absolute atomic E-state index is 11.4. The molecule has 0 atom stereocenters. The van der Waals surface area contributed by atoms with Gasteiger partial charge in [0.15, 0.2) is 0 Å².